The van der Waals surface area contributed by atoms with Crippen molar-refractivity contribution in [3.8, 4) is 0 Å². The zero-order valence-corrected chi connectivity index (χ0v) is 22.5. The molecule has 0 saturated carbocycles. The second kappa shape index (κ2) is 10.9. The number of nitrogens with zero attached hydrogens (tertiary/aromatic N) is 4. The van der Waals surface area contributed by atoms with E-state index in [4.69, 9.17) is 16.6 Å². The van der Waals surface area contributed by atoms with Crippen molar-refractivity contribution in [1.29, 1.82) is 0 Å². The van der Waals surface area contributed by atoms with Crippen LogP contribution in [0.2, 0.25) is 5.02 Å². The lowest BCUT2D eigenvalue weighted by atomic mass is 9.91. The van der Waals surface area contributed by atoms with E-state index >= 15 is 0 Å². The molecule has 1 fully saturated rings. The molecule has 11 heteroatoms. The van der Waals surface area contributed by atoms with Crippen molar-refractivity contribution in [1.82, 2.24) is 18.8 Å². The molecule has 1 aliphatic rings. The summed E-state index contributed by atoms with van der Waals surface area (Å²) in [5.41, 5.74) is -0.774. The van der Waals surface area contributed by atoms with Crippen LogP contribution in [-0.2, 0) is 17.8 Å². The molecule has 2 atom stereocenters. The Morgan fingerprint density at radius 2 is 1.84 bits per heavy atom. The summed E-state index contributed by atoms with van der Waals surface area (Å²) in [6, 6.07) is 14.0. The van der Waals surface area contributed by atoms with Crippen LogP contribution < -0.4 is 0 Å². The third-order valence-corrected chi connectivity index (χ3v) is 9.04. The third-order valence-electron chi connectivity index (χ3n) is 6.72. The molecular weight excluding hydrogens is 541 g/mol. The molecule has 0 N–H and O–H groups in total. The van der Waals surface area contributed by atoms with Crippen molar-refractivity contribution in [2.45, 2.75) is 50.1 Å². The molecule has 1 aliphatic heterocycles. The van der Waals surface area contributed by atoms with Gasteiger partial charge in [0.2, 0.25) is 0 Å². The second-order valence-electron chi connectivity index (χ2n) is 9.11. The Morgan fingerprint density at radius 1 is 1.14 bits per heavy atom. The van der Waals surface area contributed by atoms with Crippen LogP contribution >= 0.6 is 22.9 Å². The lowest BCUT2D eigenvalue weighted by Gasteiger charge is -2.33. The molecule has 2 aromatic carbocycles. The highest BCUT2D eigenvalue weighted by Crippen LogP contribution is 2.38. The molecule has 4 aromatic rings. The molecule has 0 bridgehead atoms. The molecule has 0 amide bonds. The van der Waals surface area contributed by atoms with Gasteiger partial charge in [-0.3, -0.25) is 0 Å². The monoisotopic (exact) mass is 566 g/mol. The maximum absolute atomic E-state index is 13.0. The van der Waals surface area contributed by atoms with Crippen molar-refractivity contribution in [2.75, 3.05) is 13.1 Å². The molecule has 0 aliphatic carbocycles. The zero-order chi connectivity index (χ0) is 26.2. The van der Waals surface area contributed by atoms with Crippen LogP contribution in [0.3, 0.4) is 0 Å². The Balaban J connectivity index is 1.53. The molecule has 37 heavy (non-hydrogen) atoms. The Hall–Kier alpha value is -2.11. The summed E-state index contributed by atoms with van der Waals surface area (Å²) in [5.74, 6) is 0.845. The number of piperidine rings is 1. The maximum Gasteiger partial charge on any atom is 0.593 e. The fourth-order valence-corrected chi connectivity index (χ4v) is 6.82. The number of imidazole rings is 1. The van der Waals surface area contributed by atoms with Crippen LogP contribution in [0, 0.1) is 0 Å². The van der Waals surface area contributed by atoms with Crippen LogP contribution in [-0.4, -0.2) is 42.0 Å². The van der Waals surface area contributed by atoms with Crippen LogP contribution in [0.25, 0.3) is 11.0 Å². The van der Waals surface area contributed by atoms with Gasteiger partial charge in [0, 0.05) is 42.2 Å². The number of rotatable bonds is 7. The second-order valence-corrected chi connectivity index (χ2v) is 11.9. The van der Waals surface area contributed by atoms with Crippen molar-refractivity contribution in [3.63, 3.8) is 0 Å². The average Bonchev–Trinajstić information content (AvgIpc) is 3.53. The number of aryl methyl sites for hydroxylation is 1. The van der Waals surface area contributed by atoms with Crippen molar-refractivity contribution in [2.24, 2.45) is 0 Å². The van der Waals surface area contributed by atoms with E-state index < -0.39 is 16.9 Å². The van der Waals surface area contributed by atoms with Gasteiger partial charge in [-0.05, 0) is 54.7 Å². The van der Waals surface area contributed by atoms with Gasteiger partial charge in [0.05, 0.1) is 17.0 Å². The predicted octanol–water partition coefficient (Wildman–Crippen LogP) is 7.10. The van der Waals surface area contributed by atoms with E-state index in [1.54, 1.807) is 17.5 Å². The SMILES string of the molecule is CCCc1nc2ccc(C(c3ccc(Cl)cc3)c3nccs3)cc2n1C1CCN([S+]([O-])C(F)(F)F)CC1. The highest BCUT2D eigenvalue weighted by molar-refractivity contribution is 7.89. The Morgan fingerprint density at radius 3 is 2.46 bits per heavy atom. The van der Waals surface area contributed by atoms with E-state index in [1.807, 2.05) is 35.7 Å². The van der Waals surface area contributed by atoms with Crippen molar-refractivity contribution < 1.29 is 17.7 Å². The molecule has 3 heterocycles. The minimum absolute atomic E-state index is 0.0165. The van der Waals surface area contributed by atoms with Gasteiger partial charge in [0.1, 0.15) is 10.8 Å². The van der Waals surface area contributed by atoms with Gasteiger partial charge < -0.3 is 9.12 Å². The molecule has 5 nitrogen and oxygen atoms in total. The Bertz CT molecular complexity index is 1340. The van der Waals surface area contributed by atoms with E-state index in [2.05, 4.69) is 28.6 Å². The lowest BCUT2D eigenvalue weighted by Crippen LogP contribution is -2.45. The van der Waals surface area contributed by atoms with Gasteiger partial charge in [-0.25, -0.2) is 9.97 Å². The largest absolute Gasteiger partial charge is 0.593 e. The zero-order valence-electron chi connectivity index (χ0n) is 20.1. The standard InChI is InChI=1S/C26H26ClF3N4OS2/c1-2-3-23-32-21-9-6-18(24(25-31-12-15-36-25)17-4-7-19(27)8-5-17)16-22(21)34(23)20-10-13-33(14-11-20)37(35)26(28,29)30/h4-9,12,15-16,20,24H,2-3,10-11,13-14H2,1H3. The van der Waals surface area contributed by atoms with Crippen molar-refractivity contribution in [3.05, 3.63) is 81.0 Å². The van der Waals surface area contributed by atoms with E-state index in [0.717, 1.165) is 50.1 Å². The number of hydrogen-bond acceptors (Lipinski definition) is 5. The molecule has 5 rings (SSSR count). The Labute approximate surface area is 225 Å². The van der Waals surface area contributed by atoms with Gasteiger partial charge in [0.15, 0.2) is 11.4 Å². The van der Waals surface area contributed by atoms with Gasteiger partial charge in [-0.1, -0.05) is 36.7 Å². The van der Waals surface area contributed by atoms with E-state index in [-0.39, 0.29) is 25.0 Å². The number of benzene rings is 2. The number of halogens is 4. The summed E-state index contributed by atoms with van der Waals surface area (Å²) in [6.45, 7) is 2.33. The van der Waals surface area contributed by atoms with E-state index in [0.29, 0.717) is 17.9 Å². The molecule has 2 aromatic heterocycles. The fourth-order valence-electron chi connectivity index (χ4n) is 5.07. The van der Waals surface area contributed by atoms with Crippen LogP contribution in [0.1, 0.15) is 60.1 Å². The number of thiazole rings is 1. The van der Waals surface area contributed by atoms with Crippen LogP contribution in [0.4, 0.5) is 13.2 Å². The minimum Gasteiger partial charge on any atom is -0.591 e. The lowest BCUT2D eigenvalue weighted by molar-refractivity contribution is -0.0495. The number of alkyl halides is 3. The Kier molecular flexibility index (Phi) is 7.83. The normalized spacial score (nSPS) is 17.4. The first-order valence-electron chi connectivity index (χ1n) is 12.2. The smallest absolute Gasteiger partial charge is 0.591 e. The highest BCUT2D eigenvalue weighted by atomic mass is 35.5. The first kappa shape index (κ1) is 26.5. The number of fused-ring (bicyclic) bond motifs is 1. The molecule has 196 valence electrons. The molecule has 0 radical (unpaired) electrons. The summed E-state index contributed by atoms with van der Waals surface area (Å²) in [5, 5.41) is 3.58. The van der Waals surface area contributed by atoms with Gasteiger partial charge in [-0.2, -0.15) is 0 Å². The quantitative estimate of drug-likeness (QED) is 0.224. The third kappa shape index (κ3) is 5.54. The van der Waals surface area contributed by atoms with E-state index in [9.17, 15) is 17.7 Å². The summed E-state index contributed by atoms with van der Waals surface area (Å²) >= 11 is 4.76. The number of aromatic nitrogens is 3. The predicted molar refractivity (Wildman–Crippen MR) is 142 cm³/mol. The summed E-state index contributed by atoms with van der Waals surface area (Å²) in [4.78, 5) is 9.50. The van der Waals surface area contributed by atoms with Crippen molar-refractivity contribution >= 4 is 45.3 Å². The van der Waals surface area contributed by atoms with Gasteiger partial charge in [-0.15, -0.1) is 28.8 Å². The molecule has 0 spiro atoms. The fraction of sp³-hybridized carbons (Fsp3) is 0.385. The van der Waals surface area contributed by atoms with Gasteiger partial charge >= 0.3 is 5.51 Å². The number of hydrogen-bond donors (Lipinski definition) is 0. The molecule has 1 saturated heterocycles. The van der Waals surface area contributed by atoms with Crippen LogP contribution in [0.5, 0.6) is 0 Å². The van der Waals surface area contributed by atoms with E-state index in [1.165, 1.54) is 0 Å². The van der Waals surface area contributed by atoms with Crippen LogP contribution in [0.15, 0.2) is 54.0 Å². The maximum atomic E-state index is 13.0. The first-order valence-corrected chi connectivity index (χ1v) is 14.5. The topological polar surface area (TPSA) is 57.0 Å². The van der Waals surface area contributed by atoms with Gasteiger partial charge in [0.25, 0.3) is 0 Å². The average molecular weight is 567 g/mol. The minimum atomic E-state index is -4.73. The highest BCUT2D eigenvalue weighted by Gasteiger charge is 2.50. The molecule has 2 unspecified atom stereocenters. The molecular formula is C26H26ClF3N4OS2. The summed E-state index contributed by atoms with van der Waals surface area (Å²) < 4.78 is 54.1. The first-order chi connectivity index (χ1) is 17.8. The summed E-state index contributed by atoms with van der Waals surface area (Å²) in [7, 11) is 0. The summed E-state index contributed by atoms with van der Waals surface area (Å²) in [6.07, 6.45) is 4.41.